The van der Waals surface area contributed by atoms with E-state index >= 15 is 0 Å². The van der Waals surface area contributed by atoms with E-state index in [0.29, 0.717) is 5.76 Å². The van der Waals surface area contributed by atoms with Crippen LogP contribution in [-0.4, -0.2) is 24.8 Å². The summed E-state index contributed by atoms with van der Waals surface area (Å²) in [7, 11) is -2.13. The maximum atomic E-state index is 12.5. The summed E-state index contributed by atoms with van der Waals surface area (Å²) in [5, 5.41) is 0. The average Bonchev–Trinajstić information content (AvgIpc) is 2.82. The quantitative estimate of drug-likeness (QED) is 0.749. The third-order valence-electron chi connectivity index (χ3n) is 2.68. The monoisotopic (exact) mass is 378 g/mol. The minimum Gasteiger partial charge on any atom is -0.452 e. The van der Waals surface area contributed by atoms with E-state index in [4.69, 9.17) is 16.0 Å². The molecule has 0 aromatic carbocycles. The molecule has 0 unspecified atom stereocenters. The van der Waals surface area contributed by atoms with Gasteiger partial charge in [-0.1, -0.05) is 0 Å². The number of hydrogen-bond donors (Lipinski definition) is 0. The number of furan rings is 1. The van der Waals surface area contributed by atoms with Crippen LogP contribution < -0.4 is 0 Å². The topological polar surface area (TPSA) is 63.4 Å². The van der Waals surface area contributed by atoms with Gasteiger partial charge in [0.2, 0.25) is 10.0 Å². The van der Waals surface area contributed by atoms with E-state index in [1.54, 1.807) is 24.5 Å². The zero-order valence-electron chi connectivity index (χ0n) is 10.6. The standard InChI is InChI=1S/C12H12BrClN2O3S/c1-16(8-9-2-4-15-5-3-9)20(17,18)11-6-10(7-14)19-12(11)13/h2-6H,7-8H2,1H3. The van der Waals surface area contributed by atoms with E-state index in [2.05, 4.69) is 20.9 Å². The van der Waals surface area contributed by atoms with Crippen LogP contribution in [0.3, 0.4) is 0 Å². The fourth-order valence-electron chi connectivity index (χ4n) is 1.64. The van der Waals surface area contributed by atoms with Gasteiger partial charge in [0.05, 0.1) is 5.88 Å². The Bertz CT molecular complexity index is 688. The molecule has 0 radical (unpaired) electrons. The van der Waals surface area contributed by atoms with E-state index in [0.717, 1.165) is 5.56 Å². The minimum atomic E-state index is -3.64. The summed E-state index contributed by atoms with van der Waals surface area (Å²) in [4.78, 5) is 3.97. The molecule has 0 saturated heterocycles. The molecule has 5 nitrogen and oxygen atoms in total. The van der Waals surface area contributed by atoms with Crippen molar-refractivity contribution in [3.63, 3.8) is 0 Å². The van der Waals surface area contributed by atoms with Crippen LogP contribution in [0.5, 0.6) is 0 Å². The van der Waals surface area contributed by atoms with Crippen LogP contribution in [0.15, 0.2) is 44.6 Å². The Kier molecular flexibility index (Phi) is 4.85. The van der Waals surface area contributed by atoms with E-state index in [1.807, 2.05) is 0 Å². The fraction of sp³-hybridized carbons (Fsp3) is 0.250. The molecule has 0 aliphatic heterocycles. The van der Waals surface area contributed by atoms with Crippen LogP contribution in [-0.2, 0) is 22.4 Å². The van der Waals surface area contributed by atoms with Crippen LogP contribution in [0, 0.1) is 0 Å². The molecule has 0 aliphatic rings. The van der Waals surface area contributed by atoms with Crippen molar-refractivity contribution in [1.82, 2.24) is 9.29 Å². The Morgan fingerprint density at radius 3 is 2.60 bits per heavy atom. The van der Waals surface area contributed by atoms with Crippen molar-refractivity contribution in [3.8, 4) is 0 Å². The summed E-state index contributed by atoms with van der Waals surface area (Å²) >= 11 is 8.75. The normalized spacial score (nSPS) is 12.0. The molecule has 8 heteroatoms. The van der Waals surface area contributed by atoms with Gasteiger partial charge in [0.25, 0.3) is 0 Å². The van der Waals surface area contributed by atoms with Gasteiger partial charge < -0.3 is 4.42 Å². The van der Waals surface area contributed by atoms with Gasteiger partial charge >= 0.3 is 0 Å². The van der Waals surface area contributed by atoms with E-state index < -0.39 is 10.0 Å². The van der Waals surface area contributed by atoms with E-state index in [9.17, 15) is 8.42 Å². The minimum absolute atomic E-state index is 0.0738. The van der Waals surface area contributed by atoms with Gasteiger partial charge in [-0.2, -0.15) is 4.31 Å². The largest absolute Gasteiger partial charge is 0.452 e. The Hall–Kier alpha value is -0.890. The lowest BCUT2D eigenvalue weighted by atomic mass is 10.3. The maximum Gasteiger partial charge on any atom is 0.247 e. The number of aromatic nitrogens is 1. The molecule has 2 aromatic rings. The third-order valence-corrected chi connectivity index (χ3v) is 5.60. The molecule has 0 N–H and O–H groups in total. The smallest absolute Gasteiger partial charge is 0.247 e. The molecule has 0 amide bonds. The molecule has 2 rings (SSSR count). The molecule has 0 fully saturated rings. The molecule has 0 aliphatic carbocycles. The number of nitrogens with zero attached hydrogens (tertiary/aromatic N) is 2. The summed E-state index contributed by atoms with van der Waals surface area (Å²) in [6.07, 6.45) is 3.24. The van der Waals surface area contributed by atoms with Gasteiger partial charge in [0, 0.05) is 32.1 Å². The van der Waals surface area contributed by atoms with Gasteiger partial charge in [-0.3, -0.25) is 4.98 Å². The second-order valence-corrected chi connectivity index (χ2v) is 7.10. The number of halogens is 2. The highest BCUT2D eigenvalue weighted by Gasteiger charge is 2.26. The molecule has 2 aromatic heterocycles. The van der Waals surface area contributed by atoms with Gasteiger partial charge in [-0.15, -0.1) is 11.6 Å². The number of hydrogen-bond acceptors (Lipinski definition) is 4. The van der Waals surface area contributed by atoms with Crippen molar-refractivity contribution in [2.75, 3.05) is 7.05 Å². The molecule has 0 saturated carbocycles. The van der Waals surface area contributed by atoms with Crippen molar-refractivity contribution in [2.24, 2.45) is 0 Å². The molecule has 0 spiro atoms. The zero-order chi connectivity index (χ0) is 14.8. The molecular formula is C12H12BrClN2O3S. The van der Waals surface area contributed by atoms with Crippen LogP contribution in [0.1, 0.15) is 11.3 Å². The second-order valence-electron chi connectivity index (χ2n) is 4.10. The van der Waals surface area contributed by atoms with Crippen molar-refractivity contribution in [1.29, 1.82) is 0 Å². The highest BCUT2D eigenvalue weighted by atomic mass is 79.9. The van der Waals surface area contributed by atoms with Crippen molar-refractivity contribution in [3.05, 3.63) is 46.6 Å². The Balaban J connectivity index is 2.27. The number of rotatable bonds is 5. The second kappa shape index (κ2) is 6.26. The van der Waals surface area contributed by atoms with Crippen LogP contribution in [0.4, 0.5) is 0 Å². The summed E-state index contributed by atoms with van der Waals surface area (Å²) in [6.45, 7) is 0.249. The molecule has 108 valence electrons. The Labute approximate surface area is 130 Å². The Morgan fingerprint density at radius 2 is 2.05 bits per heavy atom. The number of sulfonamides is 1. The Morgan fingerprint density at radius 1 is 1.40 bits per heavy atom. The van der Waals surface area contributed by atoms with Gasteiger partial charge in [-0.25, -0.2) is 8.42 Å². The predicted octanol–water partition coefficient (Wildman–Crippen LogP) is 3.00. The predicted molar refractivity (Wildman–Crippen MR) is 78.9 cm³/mol. The van der Waals surface area contributed by atoms with Crippen molar-refractivity contribution < 1.29 is 12.8 Å². The number of pyridine rings is 1. The van der Waals surface area contributed by atoms with Crippen molar-refractivity contribution in [2.45, 2.75) is 17.3 Å². The third kappa shape index (κ3) is 3.22. The van der Waals surface area contributed by atoms with Gasteiger partial charge in [0.15, 0.2) is 4.67 Å². The lowest BCUT2D eigenvalue weighted by Crippen LogP contribution is -2.26. The molecule has 2 heterocycles. The molecule has 0 atom stereocenters. The van der Waals surface area contributed by atoms with Crippen molar-refractivity contribution >= 4 is 37.6 Å². The number of alkyl halides is 1. The lowest BCUT2D eigenvalue weighted by Gasteiger charge is -2.16. The highest BCUT2D eigenvalue weighted by Crippen LogP contribution is 2.29. The first-order valence-corrected chi connectivity index (χ1v) is 8.41. The van der Waals surface area contributed by atoms with Gasteiger partial charge in [-0.05, 0) is 33.6 Å². The molecule has 0 bridgehead atoms. The van der Waals surface area contributed by atoms with Gasteiger partial charge in [0.1, 0.15) is 10.7 Å². The average molecular weight is 380 g/mol. The molecule has 20 heavy (non-hydrogen) atoms. The zero-order valence-corrected chi connectivity index (χ0v) is 13.7. The first-order valence-electron chi connectivity index (χ1n) is 5.64. The maximum absolute atomic E-state index is 12.5. The lowest BCUT2D eigenvalue weighted by molar-refractivity contribution is 0.460. The van der Waals surface area contributed by atoms with E-state index in [-0.39, 0.29) is 22.0 Å². The summed E-state index contributed by atoms with van der Waals surface area (Å²) < 4.78 is 31.6. The van der Waals surface area contributed by atoms with Crippen LogP contribution in [0.25, 0.3) is 0 Å². The summed E-state index contributed by atoms with van der Waals surface area (Å²) in [5.41, 5.74) is 0.850. The summed E-state index contributed by atoms with van der Waals surface area (Å²) in [6, 6.07) is 4.96. The fourth-order valence-corrected chi connectivity index (χ4v) is 3.89. The van der Waals surface area contributed by atoms with E-state index in [1.165, 1.54) is 17.4 Å². The first-order chi connectivity index (χ1) is 9.45. The summed E-state index contributed by atoms with van der Waals surface area (Å²) in [5.74, 6) is 0.511. The molecular weight excluding hydrogens is 368 g/mol. The highest BCUT2D eigenvalue weighted by molar-refractivity contribution is 9.10. The SMILES string of the molecule is CN(Cc1ccncc1)S(=O)(=O)c1cc(CCl)oc1Br. The van der Waals surface area contributed by atoms with Crippen LogP contribution >= 0.6 is 27.5 Å². The van der Waals surface area contributed by atoms with Crippen LogP contribution in [0.2, 0.25) is 0 Å². The first kappa shape index (κ1) is 15.5.